The first-order chi connectivity index (χ1) is 10.7. The maximum absolute atomic E-state index is 12.4. The lowest BCUT2D eigenvalue weighted by Crippen LogP contribution is -2.39. The molecule has 0 fully saturated rings. The Kier molecular flexibility index (Phi) is 4.25. The van der Waals surface area contributed by atoms with Crippen molar-refractivity contribution in [3.05, 3.63) is 60.2 Å². The van der Waals surface area contributed by atoms with Crippen molar-refractivity contribution < 1.29 is 4.79 Å². The summed E-state index contributed by atoms with van der Waals surface area (Å²) < 4.78 is 0. The van der Waals surface area contributed by atoms with Crippen LogP contribution in [-0.2, 0) is 9.67 Å². The minimum Gasteiger partial charge on any atom is -0.354 e. The quantitative estimate of drug-likeness (QED) is 0.788. The third-order valence-corrected chi connectivity index (χ3v) is 5.79. The molecule has 3 rings (SSSR count). The van der Waals surface area contributed by atoms with Gasteiger partial charge in [-0.25, -0.2) is 0 Å². The maximum atomic E-state index is 12.4. The smallest absolute Gasteiger partial charge is 0.136 e. The molecule has 1 heterocycles. The number of rotatable bonds is 5. The van der Waals surface area contributed by atoms with Gasteiger partial charge in [-0.3, -0.25) is 4.79 Å². The van der Waals surface area contributed by atoms with Gasteiger partial charge in [0.2, 0.25) is 0 Å². The summed E-state index contributed by atoms with van der Waals surface area (Å²) in [6.45, 7) is 2.06. The molecule has 0 aliphatic carbocycles. The van der Waals surface area contributed by atoms with Crippen LogP contribution >= 0.6 is 11.8 Å². The van der Waals surface area contributed by atoms with E-state index in [-0.39, 0.29) is 4.87 Å². The normalized spacial score (nSPS) is 20.0. The van der Waals surface area contributed by atoms with Gasteiger partial charge in [0.05, 0.1) is 5.69 Å². The Labute approximate surface area is 136 Å². The highest BCUT2D eigenvalue weighted by molar-refractivity contribution is 8.00. The molecule has 2 aromatic rings. The van der Waals surface area contributed by atoms with E-state index in [0.29, 0.717) is 18.6 Å². The van der Waals surface area contributed by atoms with Crippen LogP contribution in [0.15, 0.2) is 59.5 Å². The fourth-order valence-electron chi connectivity index (χ4n) is 3.11. The van der Waals surface area contributed by atoms with Gasteiger partial charge >= 0.3 is 0 Å². The van der Waals surface area contributed by atoms with Crippen molar-refractivity contribution in [3.8, 4) is 0 Å². The largest absolute Gasteiger partial charge is 0.354 e. The molecule has 0 saturated heterocycles. The van der Waals surface area contributed by atoms with Crippen LogP contribution in [0.5, 0.6) is 0 Å². The first kappa shape index (κ1) is 15.2. The molecule has 0 spiro atoms. The van der Waals surface area contributed by atoms with Gasteiger partial charge in [-0.2, -0.15) is 0 Å². The van der Waals surface area contributed by atoms with E-state index in [2.05, 4.69) is 67.4 Å². The number of Topliss-reactive ketones (excluding diaryl/α,β-unsaturated/α-hetero) is 1. The fourth-order valence-corrected chi connectivity index (χ4v) is 4.65. The van der Waals surface area contributed by atoms with Gasteiger partial charge in [-0.05, 0) is 24.1 Å². The molecule has 2 aromatic carbocycles. The van der Waals surface area contributed by atoms with Crippen molar-refractivity contribution in [2.75, 3.05) is 11.9 Å². The van der Waals surface area contributed by atoms with E-state index in [1.807, 2.05) is 6.07 Å². The lowest BCUT2D eigenvalue weighted by atomic mass is 9.97. The zero-order valence-electron chi connectivity index (χ0n) is 13.1. The molecule has 22 heavy (non-hydrogen) atoms. The van der Waals surface area contributed by atoms with Gasteiger partial charge < -0.3 is 4.90 Å². The van der Waals surface area contributed by atoms with Crippen molar-refractivity contribution >= 4 is 23.2 Å². The molecule has 3 heteroatoms. The summed E-state index contributed by atoms with van der Waals surface area (Å²) in [6.07, 6.45) is 2.10. The highest BCUT2D eigenvalue weighted by Crippen LogP contribution is 2.56. The number of ketones is 1. The SMILES string of the molecule is CCCC(=O)CC1(c2ccccc2)Sc2ccccc2N1C. The Bertz CT molecular complexity index is 670. The number of thioether (sulfide) groups is 1. The first-order valence-corrected chi connectivity index (χ1v) is 8.58. The number of anilines is 1. The summed E-state index contributed by atoms with van der Waals surface area (Å²) in [5, 5.41) is 0. The molecule has 0 radical (unpaired) electrons. The van der Waals surface area contributed by atoms with Crippen LogP contribution < -0.4 is 4.90 Å². The van der Waals surface area contributed by atoms with Crippen LogP contribution in [-0.4, -0.2) is 12.8 Å². The van der Waals surface area contributed by atoms with Gasteiger partial charge in [0.25, 0.3) is 0 Å². The van der Waals surface area contributed by atoms with Gasteiger partial charge in [0.15, 0.2) is 0 Å². The summed E-state index contributed by atoms with van der Waals surface area (Å²) >= 11 is 1.80. The third kappa shape index (κ3) is 2.54. The minimum absolute atomic E-state index is 0.322. The molecule has 0 amide bonds. The average Bonchev–Trinajstić information content (AvgIpc) is 2.82. The zero-order valence-corrected chi connectivity index (χ0v) is 13.9. The Morgan fingerprint density at radius 2 is 1.77 bits per heavy atom. The topological polar surface area (TPSA) is 20.3 Å². The number of hydrogen-bond acceptors (Lipinski definition) is 3. The average molecular weight is 311 g/mol. The highest BCUT2D eigenvalue weighted by Gasteiger charge is 2.45. The predicted molar refractivity (Wildman–Crippen MR) is 93.4 cm³/mol. The Morgan fingerprint density at radius 3 is 2.45 bits per heavy atom. The van der Waals surface area contributed by atoms with Crippen molar-refractivity contribution in [1.82, 2.24) is 0 Å². The molecule has 0 N–H and O–H groups in total. The minimum atomic E-state index is -0.322. The van der Waals surface area contributed by atoms with Gasteiger partial charge in [-0.15, -0.1) is 0 Å². The summed E-state index contributed by atoms with van der Waals surface area (Å²) in [6, 6.07) is 18.8. The number of hydrogen-bond donors (Lipinski definition) is 0. The second-order valence-electron chi connectivity index (χ2n) is 5.74. The van der Waals surface area contributed by atoms with Crippen LogP contribution in [0.25, 0.3) is 0 Å². The molecular weight excluding hydrogens is 290 g/mol. The van der Waals surface area contributed by atoms with Crippen molar-refractivity contribution in [1.29, 1.82) is 0 Å². The van der Waals surface area contributed by atoms with E-state index in [1.165, 1.54) is 16.1 Å². The van der Waals surface area contributed by atoms with Crippen LogP contribution in [0.1, 0.15) is 31.7 Å². The molecule has 0 bridgehead atoms. The highest BCUT2D eigenvalue weighted by atomic mass is 32.2. The van der Waals surface area contributed by atoms with E-state index in [9.17, 15) is 4.79 Å². The Hall–Kier alpha value is -1.74. The second-order valence-corrected chi connectivity index (χ2v) is 7.06. The van der Waals surface area contributed by atoms with Crippen LogP contribution in [0.3, 0.4) is 0 Å². The maximum Gasteiger partial charge on any atom is 0.136 e. The number of fused-ring (bicyclic) bond motifs is 1. The molecule has 114 valence electrons. The van der Waals surface area contributed by atoms with E-state index >= 15 is 0 Å². The Morgan fingerprint density at radius 1 is 1.09 bits per heavy atom. The van der Waals surface area contributed by atoms with Crippen LogP contribution in [0, 0.1) is 0 Å². The van der Waals surface area contributed by atoms with Crippen LogP contribution in [0.2, 0.25) is 0 Å². The molecule has 0 saturated carbocycles. The molecule has 1 aliphatic heterocycles. The van der Waals surface area contributed by atoms with Crippen molar-refractivity contribution in [3.63, 3.8) is 0 Å². The zero-order chi connectivity index (χ0) is 15.6. The summed E-state index contributed by atoms with van der Waals surface area (Å²) in [5.41, 5.74) is 2.41. The number of para-hydroxylation sites is 1. The van der Waals surface area contributed by atoms with E-state index in [4.69, 9.17) is 0 Å². The second kappa shape index (κ2) is 6.17. The van der Waals surface area contributed by atoms with Gasteiger partial charge in [0.1, 0.15) is 10.7 Å². The lowest BCUT2D eigenvalue weighted by molar-refractivity contribution is -0.119. The van der Waals surface area contributed by atoms with Crippen LogP contribution in [0.4, 0.5) is 5.69 Å². The Balaban J connectivity index is 2.04. The molecule has 1 atom stereocenters. The number of carbonyl (C=O) groups excluding carboxylic acids is 1. The first-order valence-electron chi connectivity index (χ1n) is 7.76. The summed E-state index contributed by atoms with van der Waals surface area (Å²) in [7, 11) is 2.10. The summed E-state index contributed by atoms with van der Waals surface area (Å²) in [4.78, 5) is 15.6. The molecule has 1 unspecified atom stereocenters. The molecule has 1 aliphatic rings. The van der Waals surface area contributed by atoms with E-state index in [1.54, 1.807) is 11.8 Å². The van der Waals surface area contributed by atoms with Gasteiger partial charge in [0, 0.05) is 24.8 Å². The van der Waals surface area contributed by atoms with Gasteiger partial charge in [-0.1, -0.05) is 61.2 Å². The third-order valence-electron chi connectivity index (χ3n) is 4.24. The monoisotopic (exact) mass is 311 g/mol. The summed E-state index contributed by atoms with van der Waals surface area (Å²) in [5.74, 6) is 0.332. The number of nitrogens with zero attached hydrogens (tertiary/aromatic N) is 1. The molecule has 2 nitrogen and oxygen atoms in total. The fraction of sp³-hybridized carbons (Fsp3) is 0.316. The predicted octanol–water partition coefficient (Wildman–Crippen LogP) is 4.84. The standard InChI is InChI=1S/C19H21NOS/c1-3-9-16(21)14-19(15-10-5-4-6-11-15)20(2)17-12-7-8-13-18(17)22-19/h4-8,10-13H,3,9,14H2,1-2H3. The molecular formula is C19H21NOS. The van der Waals surface area contributed by atoms with Crippen molar-refractivity contribution in [2.45, 2.75) is 36.0 Å². The molecule has 0 aromatic heterocycles. The van der Waals surface area contributed by atoms with Crippen molar-refractivity contribution in [2.24, 2.45) is 0 Å². The number of benzene rings is 2. The lowest BCUT2D eigenvalue weighted by Gasteiger charge is -2.37. The van der Waals surface area contributed by atoms with E-state index in [0.717, 1.165) is 6.42 Å². The van der Waals surface area contributed by atoms with E-state index < -0.39 is 0 Å². The number of carbonyl (C=O) groups is 1.